The van der Waals surface area contributed by atoms with Gasteiger partial charge in [-0.2, -0.15) is 4.31 Å². The monoisotopic (exact) mass is 422 g/mol. The largest absolute Gasteiger partial charge is 0.384 e. The Balaban J connectivity index is 1.51. The molecule has 4 rings (SSSR count). The maximum absolute atomic E-state index is 13.2. The standard InChI is InChI=1S/C22H22N4O3S/c23-22(24)18-10-8-16(9-11-18)14-25-12-13-26(15-21(25)27)30(28,29)20-7-3-5-17-4-1-2-6-19(17)20/h1-11H,12-15H2,(H3,23,24). The highest BCUT2D eigenvalue weighted by Gasteiger charge is 2.33. The van der Waals surface area contributed by atoms with Gasteiger partial charge in [0.1, 0.15) is 5.84 Å². The Labute approximate surface area is 175 Å². The van der Waals surface area contributed by atoms with Gasteiger partial charge in [0.05, 0.1) is 11.4 Å². The first kappa shape index (κ1) is 20.1. The third kappa shape index (κ3) is 3.79. The molecule has 1 heterocycles. The summed E-state index contributed by atoms with van der Waals surface area (Å²) >= 11 is 0. The molecule has 0 aliphatic carbocycles. The maximum atomic E-state index is 13.2. The maximum Gasteiger partial charge on any atom is 0.244 e. The summed E-state index contributed by atoms with van der Waals surface area (Å²) in [6.45, 7) is 0.760. The highest BCUT2D eigenvalue weighted by Crippen LogP contribution is 2.26. The lowest BCUT2D eigenvalue weighted by Crippen LogP contribution is -2.51. The lowest BCUT2D eigenvalue weighted by Gasteiger charge is -2.34. The molecular formula is C22H22N4O3S. The molecule has 1 aliphatic heterocycles. The van der Waals surface area contributed by atoms with Crippen LogP contribution in [0.2, 0.25) is 0 Å². The molecule has 3 aromatic rings. The Bertz CT molecular complexity index is 1220. The van der Waals surface area contributed by atoms with E-state index in [1.54, 1.807) is 35.2 Å². The van der Waals surface area contributed by atoms with E-state index in [2.05, 4.69) is 0 Å². The number of hydrogen-bond acceptors (Lipinski definition) is 4. The number of amidine groups is 1. The van der Waals surface area contributed by atoms with Gasteiger partial charge in [0.2, 0.25) is 15.9 Å². The molecule has 1 fully saturated rings. The molecule has 0 aromatic heterocycles. The molecule has 0 unspecified atom stereocenters. The minimum atomic E-state index is -3.78. The van der Waals surface area contributed by atoms with Gasteiger partial charge in [-0.1, -0.05) is 60.7 Å². The number of hydrogen-bond donors (Lipinski definition) is 2. The van der Waals surface area contributed by atoms with Crippen LogP contribution in [-0.4, -0.2) is 49.0 Å². The van der Waals surface area contributed by atoms with Crippen LogP contribution >= 0.6 is 0 Å². The SMILES string of the molecule is N=C(N)c1ccc(CN2CCN(S(=O)(=O)c3cccc4ccccc34)CC2=O)cc1. The van der Waals surface area contributed by atoms with Crippen molar-refractivity contribution in [1.82, 2.24) is 9.21 Å². The molecule has 8 heteroatoms. The van der Waals surface area contributed by atoms with E-state index in [0.717, 1.165) is 10.9 Å². The van der Waals surface area contributed by atoms with Crippen molar-refractivity contribution in [3.8, 4) is 0 Å². The van der Waals surface area contributed by atoms with Crippen molar-refractivity contribution in [1.29, 1.82) is 5.41 Å². The zero-order valence-electron chi connectivity index (χ0n) is 16.3. The van der Waals surface area contributed by atoms with Gasteiger partial charge in [-0.05, 0) is 17.0 Å². The van der Waals surface area contributed by atoms with E-state index in [1.165, 1.54) is 4.31 Å². The lowest BCUT2D eigenvalue weighted by molar-refractivity contribution is -0.134. The fraction of sp³-hybridized carbons (Fsp3) is 0.182. The third-order valence-electron chi connectivity index (χ3n) is 5.29. The Morgan fingerprint density at radius 2 is 1.67 bits per heavy atom. The first-order valence-electron chi connectivity index (χ1n) is 9.55. The number of nitrogens with zero attached hydrogens (tertiary/aromatic N) is 2. The van der Waals surface area contributed by atoms with Crippen molar-refractivity contribution in [2.24, 2.45) is 5.73 Å². The van der Waals surface area contributed by atoms with Gasteiger partial charge in [-0.15, -0.1) is 0 Å². The zero-order valence-corrected chi connectivity index (χ0v) is 17.1. The summed E-state index contributed by atoms with van der Waals surface area (Å²) in [4.78, 5) is 14.6. The summed E-state index contributed by atoms with van der Waals surface area (Å²) in [5.41, 5.74) is 6.99. The van der Waals surface area contributed by atoms with Crippen molar-refractivity contribution in [3.05, 3.63) is 77.9 Å². The van der Waals surface area contributed by atoms with Crippen LogP contribution in [0.5, 0.6) is 0 Å². The van der Waals surface area contributed by atoms with E-state index in [-0.39, 0.29) is 29.7 Å². The Kier molecular flexibility index (Phi) is 5.27. The number of amides is 1. The number of fused-ring (bicyclic) bond motifs is 1. The normalized spacial score (nSPS) is 15.5. The Hall–Kier alpha value is -3.23. The number of piperazine rings is 1. The second kappa shape index (κ2) is 7.89. The van der Waals surface area contributed by atoms with E-state index in [0.29, 0.717) is 24.0 Å². The van der Waals surface area contributed by atoms with E-state index in [1.807, 2.05) is 36.4 Å². The highest BCUT2D eigenvalue weighted by molar-refractivity contribution is 7.89. The smallest absolute Gasteiger partial charge is 0.244 e. The number of sulfonamides is 1. The van der Waals surface area contributed by atoms with Crippen molar-refractivity contribution in [2.75, 3.05) is 19.6 Å². The summed E-state index contributed by atoms with van der Waals surface area (Å²) in [5, 5.41) is 8.94. The third-order valence-corrected chi connectivity index (χ3v) is 7.19. The zero-order chi connectivity index (χ0) is 21.3. The minimum absolute atomic E-state index is 0.00937. The van der Waals surface area contributed by atoms with Crippen molar-refractivity contribution >= 4 is 32.5 Å². The van der Waals surface area contributed by atoms with Crippen LogP contribution in [0.1, 0.15) is 11.1 Å². The second-order valence-electron chi connectivity index (χ2n) is 7.24. The van der Waals surface area contributed by atoms with Crippen LogP contribution in [-0.2, 0) is 21.4 Å². The molecule has 3 N–H and O–H groups in total. The molecule has 3 aromatic carbocycles. The quantitative estimate of drug-likeness (QED) is 0.485. The van der Waals surface area contributed by atoms with Crippen LogP contribution in [0, 0.1) is 5.41 Å². The Morgan fingerprint density at radius 3 is 2.37 bits per heavy atom. The molecule has 1 aliphatic rings. The van der Waals surface area contributed by atoms with Gasteiger partial charge >= 0.3 is 0 Å². The molecule has 154 valence electrons. The molecule has 1 saturated heterocycles. The Morgan fingerprint density at radius 1 is 0.967 bits per heavy atom. The van der Waals surface area contributed by atoms with Crippen molar-refractivity contribution in [3.63, 3.8) is 0 Å². The van der Waals surface area contributed by atoms with Gasteiger partial charge in [-0.3, -0.25) is 10.2 Å². The molecule has 0 radical (unpaired) electrons. The van der Waals surface area contributed by atoms with E-state index >= 15 is 0 Å². The average Bonchev–Trinajstić information content (AvgIpc) is 2.75. The summed E-state index contributed by atoms with van der Waals surface area (Å²) in [6.07, 6.45) is 0. The van der Waals surface area contributed by atoms with Crippen LogP contribution in [0.3, 0.4) is 0 Å². The molecule has 0 bridgehead atoms. The van der Waals surface area contributed by atoms with E-state index in [9.17, 15) is 13.2 Å². The first-order chi connectivity index (χ1) is 14.4. The predicted octanol–water partition coefficient (Wildman–Crippen LogP) is 2.16. The van der Waals surface area contributed by atoms with Crippen molar-refractivity contribution < 1.29 is 13.2 Å². The first-order valence-corrected chi connectivity index (χ1v) is 11.0. The molecular weight excluding hydrogens is 400 g/mol. The lowest BCUT2D eigenvalue weighted by atomic mass is 10.1. The van der Waals surface area contributed by atoms with Crippen LogP contribution < -0.4 is 5.73 Å². The van der Waals surface area contributed by atoms with Crippen LogP contribution in [0.25, 0.3) is 10.8 Å². The number of nitrogens with two attached hydrogens (primary N) is 1. The second-order valence-corrected chi connectivity index (χ2v) is 9.15. The summed E-state index contributed by atoms with van der Waals surface area (Å²) < 4.78 is 27.7. The minimum Gasteiger partial charge on any atom is -0.384 e. The molecule has 0 saturated carbocycles. The summed E-state index contributed by atoms with van der Waals surface area (Å²) in [5.74, 6) is -0.245. The number of rotatable bonds is 5. The van der Waals surface area contributed by atoms with Gasteiger partial charge in [0, 0.05) is 30.6 Å². The van der Waals surface area contributed by atoms with E-state index in [4.69, 9.17) is 11.1 Å². The number of benzene rings is 3. The molecule has 0 spiro atoms. The molecule has 30 heavy (non-hydrogen) atoms. The highest BCUT2D eigenvalue weighted by atomic mass is 32.2. The van der Waals surface area contributed by atoms with Gasteiger partial charge in [0.25, 0.3) is 0 Å². The fourth-order valence-corrected chi connectivity index (χ4v) is 5.22. The van der Waals surface area contributed by atoms with Crippen molar-refractivity contribution in [2.45, 2.75) is 11.4 Å². The van der Waals surface area contributed by atoms with Gasteiger partial charge < -0.3 is 10.6 Å². The van der Waals surface area contributed by atoms with Gasteiger partial charge in [-0.25, -0.2) is 8.42 Å². The summed E-state index contributed by atoms with van der Waals surface area (Å²) in [7, 11) is -3.78. The predicted molar refractivity (Wildman–Crippen MR) is 116 cm³/mol. The molecule has 0 atom stereocenters. The van der Waals surface area contributed by atoms with Crippen LogP contribution in [0.4, 0.5) is 0 Å². The average molecular weight is 423 g/mol. The molecule has 7 nitrogen and oxygen atoms in total. The number of carbonyl (C=O) groups is 1. The van der Waals surface area contributed by atoms with Crippen LogP contribution in [0.15, 0.2) is 71.6 Å². The topological polar surface area (TPSA) is 108 Å². The summed E-state index contributed by atoms with van der Waals surface area (Å²) in [6, 6.07) is 19.6. The number of nitrogens with one attached hydrogen (secondary N) is 1. The fourth-order valence-electron chi connectivity index (χ4n) is 3.63. The van der Waals surface area contributed by atoms with E-state index < -0.39 is 10.0 Å². The number of nitrogen functional groups attached to an aromatic ring is 1. The number of carbonyl (C=O) groups excluding carboxylic acids is 1. The van der Waals surface area contributed by atoms with Gasteiger partial charge in [0.15, 0.2) is 0 Å². The molecule has 1 amide bonds.